The van der Waals surface area contributed by atoms with Crippen molar-refractivity contribution in [2.75, 3.05) is 20.2 Å². The van der Waals surface area contributed by atoms with Gasteiger partial charge in [0.1, 0.15) is 5.76 Å². The van der Waals surface area contributed by atoms with Crippen LogP contribution in [0.4, 0.5) is 0 Å². The molecule has 0 radical (unpaired) electrons. The highest BCUT2D eigenvalue weighted by Gasteiger charge is 2.16. The fourth-order valence-corrected chi connectivity index (χ4v) is 2.93. The van der Waals surface area contributed by atoms with E-state index in [-0.39, 0.29) is 5.09 Å². The normalized spacial score (nSPS) is 16.9. The predicted octanol–water partition coefficient (Wildman–Crippen LogP) is 1.24. The second-order valence-electron chi connectivity index (χ2n) is 4.88. The Balaban J connectivity index is 1.67. The highest BCUT2D eigenvalue weighted by atomic mass is 32.2. The largest absolute Gasteiger partial charge is 0.447 e. The van der Waals surface area contributed by atoms with E-state index in [4.69, 9.17) is 9.15 Å². The Kier molecular flexibility index (Phi) is 5.59. The Morgan fingerprint density at radius 2 is 2.10 bits per heavy atom. The van der Waals surface area contributed by atoms with Gasteiger partial charge in [0.2, 0.25) is 5.09 Å². The molecule has 20 heavy (non-hydrogen) atoms. The van der Waals surface area contributed by atoms with Gasteiger partial charge in [0.05, 0.1) is 19.3 Å². The van der Waals surface area contributed by atoms with Gasteiger partial charge in [0.25, 0.3) is 10.0 Å². The maximum absolute atomic E-state index is 11.5. The first-order chi connectivity index (χ1) is 9.62. The number of hydrogen-bond donors (Lipinski definition) is 2. The number of rotatable bonds is 8. The van der Waals surface area contributed by atoms with Gasteiger partial charge >= 0.3 is 0 Å². The average molecular weight is 302 g/mol. The molecule has 1 aromatic rings. The minimum atomic E-state index is -3.49. The first kappa shape index (κ1) is 15.5. The van der Waals surface area contributed by atoms with E-state index in [9.17, 15) is 8.42 Å². The van der Waals surface area contributed by atoms with E-state index in [2.05, 4.69) is 10.0 Å². The molecule has 0 aliphatic heterocycles. The van der Waals surface area contributed by atoms with Crippen molar-refractivity contribution in [3.8, 4) is 0 Å². The lowest BCUT2D eigenvalue weighted by Crippen LogP contribution is -2.21. The van der Waals surface area contributed by atoms with Gasteiger partial charge in [-0.3, -0.25) is 0 Å². The van der Waals surface area contributed by atoms with Crippen LogP contribution in [-0.4, -0.2) is 34.7 Å². The second kappa shape index (κ2) is 7.21. The minimum absolute atomic E-state index is 0.0565. The summed E-state index contributed by atoms with van der Waals surface area (Å²) in [4.78, 5) is 0. The van der Waals surface area contributed by atoms with Crippen LogP contribution in [0.1, 0.15) is 31.4 Å². The molecule has 7 heteroatoms. The van der Waals surface area contributed by atoms with Crippen molar-refractivity contribution in [2.45, 2.75) is 43.4 Å². The van der Waals surface area contributed by atoms with E-state index >= 15 is 0 Å². The second-order valence-corrected chi connectivity index (χ2v) is 6.70. The SMILES string of the molecule is CNS(=O)(=O)c1ccc(CNCCOC2CCCC2)o1. The zero-order valence-electron chi connectivity index (χ0n) is 11.7. The molecule has 0 aromatic carbocycles. The molecule has 1 aliphatic rings. The first-order valence-electron chi connectivity index (χ1n) is 6.96. The molecule has 2 N–H and O–H groups in total. The molecule has 1 aliphatic carbocycles. The molecular formula is C13H22N2O4S. The molecule has 1 fully saturated rings. The summed E-state index contributed by atoms with van der Waals surface area (Å²) < 4.78 is 36.2. The number of ether oxygens (including phenoxy) is 1. The van der Waals surface area contributed by atoms with Crippen LogP contribution in [0.3, 0.4) is 0 Å². The van der Waals surface area contributed by atoms with Crippen LogP contribution < -0.4 is 10.0 Å². The highest BCUT2D eigenvalue weighted by molar-refractivity contribution is 7.89. The van der Waals surface area contributed by atoms with Crippen LogP contribution in [0.15, 0.2) is 21.6 Å². The molecule has 114 valence electrons. The number of nitrogens with one attached hydrogen (secondary N) is 2. The van der Waals surface area contributed by atoms with E-state index in [1.165, 1.54) is 38.8 Å². The first-order valence-corrected chi connectivity index (χ1v) is 8.45. The topological polar surface area (TPSA) is 80.6 Å². The van der Waals surface area contributed by atoms with Crippen molar-refractivity contribution in [2.24, 2.45) is 0 Å². The van der Waals surface area contributed by atoms with E-state index in [0.29, 0.717) is 25.0 Å². The summed E-state index contributed by atoms with van der Waals surface area (Å²) in [5.41, 5.74) is 0. The van der Waals surface area contributed by atoms with Crippen molar-refractivity contribution < 1.29 is 17.6 Å². The quantitative estimate of drug-likeness (QED) is 0.706. The molecule has 0 saturated heterocycles. The maximum atomic E-state index is 11.5. The maximum Gasteiger partial charge on any atom is 0.273 e. The summed E-state index contributed by atoms with van der Waals surface area (Å²) in [6.45, 7) is 1.89. The third-order valence-electron chi connectivity index (χ3n) is 3.40. The van der Waals surface area contributed by atoms with Gasteiger partial charge in [0.15, 0.2) is 0 Å². The lowest BCUT2D eigenvalue weighted by Gasteiger charge is -2.10. The smallest absolute Gasteiger partial charge is 0.273 e. The van der Waals surface area contributed by atoms with E-state index in [1.54, 1.807) is 6.07 Å². The Bertz CT molecular complexity index is 506. The Labute approximate surface area is 119 Å². The van der Waals surface area contributed by atoms with Crippen molar-refractivity contribution in [1.82, 2.24) is 10.0 Å². The van der Waals surface area contributed by atoms with Gasteiger partial charge in [0, 0.05) is 6.54 Å². The van der Waals surface area contributed by atoms with E-state index in [0.717, 1.165) is 6.54 Å². The van der Waals surface area contributed by atoms with Gasteiger partial charge < -0.3 is 14.5 Å². The minimum Gasteiger partial charge on any atom is -0.447 e. The van der Waals surface area contributed by atoms with Crippen LogP contribution in [0, 0.1) is 0 Å². The van der Waals surface area contributed by atoms with Crippen LogP contribution in [0.25, 0.3) is 0 Å². The van der Waals surface area contributed by atoms with Crippen LogP contribution >= 0.6 is 0 Å². The van der Waals surface area contributed by atoms with Crippen molar-refractivity contribution >= 4 is 10.0 Å². The fourth-order valence-electron chi connectivity index (χ4n) is 2.26. The summed E-state index contributed by atoms with van der Waals surface area (Å²) in [5.74, 6) is 0.597. The summed E-state index contributed by atoms with van der Waals surface area (Å²) >= 11 is 0. The average Bonchev–Trinajstić information content (AvgIpc) is 3.09. The van der Waals surface area contributed by atoms with Gasteiger partial charge in [-0.25, -0.2) is 13.1 Å². The number of furan rings is 1. The summed E-state index contributed by atoms with van der Waals surface area (Å²) in [6, 6.07) is 3.12. The third kappa shape index (κ3) is 4.31. The molecular weight excluding hydrogens is 280 g/mol. The van der Waals surface area contributed by atoms with Gasteiger partial charge in [-0.2, -0.15) is 0 Å². The summed E-state index contributed by atoms with van der Waals surface area (Å²) in [7, 11) is -2.14. The molecule has 0 amide bonds. The molecule has 0 spiro atoms. The Morgan fingerprint density at radius 1 is 1.35 bits per heavy atom. The molecule has 1 aromatic heterocycles. The highest BCUT2D eigenvalue weighted by Crippen LogP contribution is 2.20. The van der Waals surface area contributed by atoms with Crippen LogP contribution in [0.5, 0.6) is 0 Å². The third-order valence-corrected chi connectivity index (χ3v) is 4.69. The zero-order valence-corrected chi connectivity index (χ0v) is 12.5. The van der Waals surface area contributed by atoms with Gasteiger partial charge in [-0.05, 0) is 32.0 Å². The van der Waals surface area contributed by atoms with E-state index < -0.39 is 10.0 Å². The van der Waals surface area contributed by atoms with Crippen molar-refractivity contribution in [3.63, 3.8) is 0 Å². The van der Waals surface area contributed by atoms with E-state index in [1.807, 2.05) is 0 Å². The lowest BCUT2D eigenvalue weighted by molar-refractivity contribution is 0.0600. The Hall–Kier alpha value is -0.890. The van der Waals surface area contributed by atoms with Gasteiger partial charge in [-0.15, -0.1) is 0 Å². The number of hydrogen-bond acceptors (Lipinski definition) is 5. The lowest BCUT2D eigenvalue weighted by atomic mass is 10.3. The molecule has 1 heterocycles. The molecule has 0 unspecified atom stereocenters. The molecule has 1 saturated carbocycles. The van der Waals surface area contributed by atoms with Crippen molar-refractivity contribution in [3.05, 3.63) is 17.9 Å². The molecule has 2 rings (SSSR count). The van der Waals surface area contributed by atoms with Crippen LogP contribution in [0.2, 0.25) is 0 Å². The number of sulfonamides is 1. The monoisotopic (exact) mass is 302 g/mol. The zero-order chi connectivity index (χ0) is 14.4. The predicted molar refractivity (Wildman–Crippen MR) is 74.9 cm³/mol. The molecule has 6 nitrogen and oxygen atoms in total. The van der Waals surface area contributed by atoms with Crippen LogP contribution in [-0.2, 0) is 21.3 Å². The molecule has 0 bridgehead atoms. The standard InChI is InChI=1S/C13H22N2O4S/c1-14-20(16,17)13-7-6-12(19-13)10-15-8-9-18-11-4-2-3-5-11/h6-7,11,14-15H,2-5,8-10H2,1H3. The molecule has 0 atom stereocenters. The summed E-state index contributed by atoms with van der Waals surface area (Å²) in [6.07, 6.45) is 5.31. The fraction of sp³-hybridized carbons (Fsp3) is 0.692. The van der Waals surface area contributed by atoms with Crippen molar-refractivity contribution in [1.29, 1.82) is 0 Å². The van der Waals surface area contributed by atoms with Gasteiger partial charge in [-0.1, -0.05) is 12.8 Å². The Morgan fingerprint density at radius 3 is 2.80 bits per heavy atom. The summed E-state index contributed by atoms with van der Waals surface area (Å²) in [5, 5.41) is 3.12.